The van der Waals surface area contributed by atoms with Crippen LogP contribution in [0.4, 0.5) is 0 Å². The molecule has 18 heavy (non-hydrogen) atoms. The summed E-state index contributed by atoms with van der Waals surface area (Å²) in [6, 6.07) is 4.20. The lowest BCUT2D eigenvalue weighted by Crippen LogP contribution is -2.36. The third-order valence-electron chi connectivity index (χ3n) is 3.89. The molecule has 0 N–H and O–H groups in total. The Bertz CT molecular complexity index is 310. The Morgan fingerprint density at radius 2 is 2.06 bits per heavy atom. The lowest BCUT2D eigenvalue weighted by atomic mass is 9.95. The molecule has 102 valence electrons. The lowest BCUT2D eigenvalue weighted by Gasteiger charge is -2.32. The number of aromatic nitrogens is 1. The van der Waals surface area contributed by atoms with Crippen molar-refractivity contribution >= 4 is 0 Å². The van der Waals surface area contributed by atoms with E-state index >= 15 is 0 Å². The second-order valence-electron chi connectivity index (χ2n) is 5.36. The van der Waals surface area contributed by atoms with Crippen LogP contribution in [0.2, 0.25) is 0 Å². The van der Waals surface area contributed by atoms with Crippen LogP contribution in [-0.2, 0) is 11.3 Å². The van der Waals surface area contributed by atoms with E-state index in [9.17, 15) is 0 Å². The maximum absolute atomic E-state index is 5.19. The average molecular weight is 250 g/mol. The Morgan fingerprint density at radius 1 is 1.22 bits per heavy atom. The van der Waals surface area contributed by atoms with Gasteiger partial charge in [0.25, 0.3) is 0 Å². The fourth-order valence-electron chi connectivity index (χ4n) is 2.87. The molecule has 1 atom stereocenters. The fourth-order valence-corrected chi connectivity index (χ4v) is 2.87. The van der Waals surface area contributed by atoms with Crippen LogP contribution in [0.15, 0.2) is 24.5 Å². The summed E-state index contributed by atoms with van der Waals surface area (Å²) in [5, 5.41) is 0. The number of hydrogen-bond donors (Lipinski definition) is 0. The summed E-state index contributed by atoms with van der Waals surface area (Å²) in [5.74, 6) is 0.852. The highest BCUT2D eigenvalue weighted by atomic mass is 16.5. The van der Waals surface area contributed by atoms with Gasteiger partial charge in [-0.1, -0.05) is 0 Å². The average Bonchev–Trinajstić information content (AvgIpc) is 2.90. The van der Waals surface area contributed by atoms with Gasteiger partial charge in [0.2, 0.25) is 0 Å². The molecule has 0 spiro atoms. The van der Waals surface area contributed by atoms with E-state index in [4.69, 9.17) is 4.74 Å². The first kappa shape index (κ1) is 13.6. The molecule has 0 saturated carbocycles. The number of nitrogens with zero attached hydrogens (tertiary/aromatic N) is 2. The number of likely N-dealkylation sites (tertiary alicyclic amines) is 1. The van der Waals surface area contributed by atoms with Crippen LogP contribution in [0.1, 0.15) is 25.7 Å². The van der Waals surface area contributed by atoms with Crippen LogP contribution < -0.4 is 0 Å². The molecule has 2 heterocycles. The van der Waals surface area contributed by atoms with Gasteiger partial charge in [-0.3, -0.25) is 0 Å². The maximum atomic E-state index is 5.19. The first-order chi connectivity index (χ1) is 8.88. The van der Waals surface area contributed by atoms with Crippen molar-refractivity contribution in [3.8, 4) is 0 Å². The van der Waals surface area contributed by atoms with E-state index < -0.39 is 0 Å². The van der Waals surface area contributed by atoms with Gasteiger partial charge in [0.15, 0.2) is 0 Å². The number of hydrogen-bond acceptors (Lipinski definition) is 2. The van der Waals surface area contributed by atoms with E-state index in [1.165, 1.54) is 45.3 Å². The van der Waals surface area contributed by atoms with E-state index in [1.807, 2.05) is 0 Å². The van der Waals surface area contributed by atoms with Gasteiger partial charge in [-0.05, 0) is 56.8 Å². The largest absolute Gasteiger partial charge is 0.385 e. The van der Waals surface area contributed by atoms with E-state index in [-0.39, 0.29) is 0 Å². The predicted molar refractivity (Wildman–Crippen MR) is 74.7 cm³/mol. The van der Waals surface area contributed by atoms with E-state index in [0.717, 1.165) is 19.1 Å². The zero-order valence-corrected chi connectivity index (χ0v) is 11.6. The van der Waals surface area contributed by atoms with Crippen molar-refractivity contribution in [1.82, 2.24) is 9.47 Å². The number of methoxy groups -OCH3 is 1. The van der Waals surface area contributed by atoms with Gasteiger partial charge in [0.05, 0.1) is 0 Å². The molecule has 3 nitrogen and oxygen atoms in total. The van der Waals surface area contributed by atoms with Crippen LogP contribution in [0, 0.1) is 5.92 Å². The summed E-state index contributed by atoms with van der Waals surface area (Å²) in [4.78, 5) is 2.63. The minimum Gasteiger partial charge on any atom is -0.385 e. The summed E-state index contributed by atoms with van der Waals surface area (Å²) in [7, 11) is 1.80. The molecule has 1 saturated heterocycles. The number of aryl methyl sites for hydroxylation is 1. The quantitative estimate of drug-likeness (QED) is 0.740. The summed E-state index contributed by atoms with van der Waals surface area (Å²) < 4.78 is 7.46. The molecule has 2 rings (SSSR count). The molecule has 0 aromatic carbocycles. The third-order valence-corrected chi connectivity index (χ3v) is 3.89. The molecule has 0 radical (unpaired) electrons. The van der Waals surface area contributed by atoms with Crippen LogP contribution in [-0.4, -0.2) is 42.8 Å². The molecule has 3 heteroatoms. The Hall–Kier alpha value is -0.800. The zero-order valence-electron chi connectivity index (χ0n) is 11.6. The summed E-state index contributed by atoms with van der Waals surface area (Å²) in [6.07, 6.45) is 9.53. The molecular weight excluding hydrogens is 224 g/mol. The van der Waals surface area contributed by atoms with Gasteiger partial charge in [-0.15, -0.1) is 0 Å². The van der Waals surface area contributed by atoms with Crippen LogP contribution in [0.5, 0.6) is 0 Å². The monoisotopic (exact) mass is 250 g/mol. The van der Waals surface area contributed by atoms with Crippen LogP contribution >= 0.6 is 0 Å². The Balaban J connectivity index is 1.63. The molecule has 1 aliphatic heterocycles. The molecule has 0 unspecified atom stereocenters. The van der Waals surface area contributed by atoms with Crippen molar-refractivity contribution in [3.63, 3.8) is 0 Å². The molecule has 0 aliphatic carbocycles. The van der Waals surface area contributed by atoms with Crippen LogP contribution in [0.25, 0.3) is 0 Å². The van der Waals surface area contributed by atoms with Gasteiger partial charge in [0, 0.05) is 39.2 Å². The van der Waals surface area contributed by atoms with Crippen LogP contribution in [0.3, 0.4) is 0 Å². The van der Waals surface area contributed by atoms with Crippen molar-refractivity contribution in [3.05, 3.63) is 24.5 Å². The smallest absolute Gasteiger partial charge is 0.0465 e. The highest BCUT2D eigenvalue weighted by Crippen LogP contribution is 2.19. The topological polar surface area (TPSA) is 17.4 Å². The Kier molecular flexibility index (Phi) is 5.75. The second kappa shape index (κ2) is 7.59. The molecule has 1 aromatic rings. The van der Waals surface area contributed by atoms with E-state index in [2.05, 4.69) is 34.0 Å². The fraction of sp³-hybridized carbons (Fsp3) is 0.733. The van der Waals surface area contributed by atoms with Crippen molar-refractivity contribution in [2.75, 3.05) is 33.4 Å². The standard InChI is InChI=1S/C15H26N2O/c1-18-13-7-15-6-4-10-17(14-15)12-5-11-16-8-2-3-9-16/h2-3,8-9,15H,4-7,10-14H2,1H3/t15-/m0/s1. The molecule has 1 aliphatic rings. The van der Waals surface area contributed by atoms with Gasteiger partial charge >= 0.3 is 0 Å². The predicted octanol–water partition coefficient (Wildman–Crippen LogP) is 2.63. The summed E-state index contributed by atoms with van der Waals surface area (Å²) in [5.41, 5.74) is 0. The van der Waals surface area contributed by atoms with E-state index in [0.29, 0.717) is 0 Å². The molecule has 0 bridgehead atoms. The minimum absolute atomic E-state index is 0.852. The highest BCUT2D eigenvalue weighted by Gasteiger charge is 2.18. The van der Waals surface area contributed by atoms with Crippen molar-refractivity contribution in [1.29, 1.82) is 0 Å². The van der Waals surface area contributed by atoms with Gasteiger partial charge in [0.1, 0.15) is 0 Å². The van der Waals surface area contributed by atoms with Gasteiger partial charge < -0.3 is 14.2 Å². The number of rotatable bonds is 7. The van der Waals surface area contributed by atoms with Crippen molar-refractivity contribution in [2.24, 2.45) is 5.92 Å². The Labute approximate surface area is 111 Å². The minimum atomic E-state index is 0.852. The molecular formula is C15H26N2O. The van der Waals surface area contributed by atoms with Crippen molar-refractivity contribution < 1.29 is 4.74 Å². The summed E-state index contributed by atoms with van der Waals surface area (Å²) in [6.45, 7) is 5.86. The second-order valence-corrected chi connectivity index (χ2v) is 5.36. The zero-order chi connectivity index (χ0) is 12.6. The normalized spacial score (nSPS) is 21.3. The third kappa shape index (κ3) is 4.46. The van der Waals surface area contributed by atoms with Gasteiger partial charge in [-0.2, -0.15) is 0 Å². The van der Waals surface area contributed by atoms with E-state index in [1.54, 1.807) is 7.11 Å². The first-order valence-corrected chi connectivity index (χ1v) is 7.20. The number of ether oxygens (including phenoxy) is 1. The number of piperidine rings is 1. The lowest BCUT2D eigenvalue weighted by molar-refractivity contribution is 0.125. The summed E-state index contributed by atoms with van der Waals surface area (Å²) >= 11 is 0. The van der Waals surface area contributed by atoms with Crippen molar-refractivity contribution in [2.45, 2.75) is 32.2 Å². The molecule has 1 aromatic heterocycles. The molecule has 1 fully saturated rings. The Morgan fingerprint density at radius 3 is 2.83 bits per heavy atom. The SMILES string of the molecule is COCC[C@@H]1CCCN(CCCn2cccc2)C1. The molecule has 0 amide bonds. The van der Waals surface area contributed by atoms with Gasteiger partial charge in [-0.25, -0.2) is 0 Å². The highest BCUT2D eigenvalue weighted by molar-refractivity contribution is 4.90. The first-order valence-electron chi connectivity index (χ1n) is 7.20. The maximum Gasteiger partial charge on any atom is 0.0465 e.